The highest BCUT2D eigenvalue weighted by Gasteiger charge is 2.38. The third-order valence-electron chi connectivity index (χ3n) is 2.66. The third-order valence-corrected chi connectivity index (χ3v) is 2.66. The molecule has 0 aromatic heterocycles. The normalized spacial score (nSPS) is 24.9. The van der Waals surface area contributed by atoms with Crippen molar-refractivity contribution in [3.8, 4) is 0 Å². The lowest BCUT2D eigenvalue weighted by Crippen LogP contribution is -2.50. The van der Waals surface area contributed by atoms with E-state index in [1.165, 1.54) is 0 Å². The summed E-state index contributed by atoms with van der Waals surface area (Å²) in [5.74, 6) is -0.690. The van der Waals surface area contributed by atoms with Crippen molar-refractivity contribution < 1.29 is 9.90 Å². The van der Waals surface area contributed by atoms with Gasteiger partial charge in [0.25, 0.3) is 0 Å². The minimum Gasteiger partial charge on any atom is -0.480 e. The van der Waals surface area contributed by atoms with Crippen LogP contribution in [0.4, 0.5) is 0 Å². The number of carboxylic acid groups (broad SMARTS) is 1. The van der Waals surface area contributed by atoms with Crippen LogP contribution in [0.3, 0.4) is 0 Å². The van der Waals surface area contributed by atoms with E-state index in [4.69, 9.17) is 10.8 Å². The zero-order valence-electron chi connectivity index (χ0n) is 6.84. The Morgan fingerprint density at radius 2 is 2.00 bits per heavy atom. The first kappa shape index (κ1) is 8.53. The summed E-state index contributed by atoms with van der Waals surface area (Å²) in [7, 11) is 0. The molecule has 3 heteroatoms. The van der Waals surface area contributed by atoms with Gasteiger partial charge in [-0.05, 0) is 25.7 Å². The highest BCUT2D eigenvalue weighted by Crippen LogP contribution is 2.32. The Labute approximate surface area is 66.6 Å². The average molecular weight is 157 g/mol. The topological polar surface area (TPSA) is 63.3 Å². The zero-order valence-corrected chi connectivity index (χ0v) is 6.84. The van der Waals surface area contributed by atoms with Crippen LogP contribution in [-0.2, 0) is 4.79 Å². The number of carbonyl (C=O) groups is 1. The van der Waals surface area contributed by atoms with Crippen molar-refractivity contribution in [3.05, 3.63) is 0 Å². The fourth-order valence-electron chi connectivity index (χ4n) is 1.70. The van der Waals surface area contributed by atoms with Gasteiger partial charge in [0.1, 0.15) is 5.54 Å². The molecule has 0 radical (unpaired) electrons. The van der Waals surface area contributed by atoms with Gasteiger partial charge in [0, 0.05) is 0 Å². The number of hydrogen-bond donors (Lipinski definition) is 2. The average Bonchev–Trinajstić information content (AvgIpc) is 2.37. The lowest BCUT2D eigenvalue weighted by molar-refractivity contribution is -0.144. The van der Waals surface area contributed by atoms with Gasteiger partial charge in [0.05, 0.1) is 0 Å². The number of aliphatic carboxylic acids is 1. The lowest BCUT2D eigenvalue weighted by Gasteiger charge is -2.26. The molecule has 0 aliphatic heterocycles. The van der Waals surface area contributed by atoms with Gasteiger partial charge in [-0.1, -0.05) is 12.8 Å². The standard InChI is InChI=1S/C8H15NO2/c1-8(9,7(10)11)6-4-2-3-5-6/h6H,2-5,9H2,1H3,(H,10,11)/t8-/m1/s1. The second-order valence-corrected chi connectivity index (χ2v) is 3.57. The van der Waals surface area contributed by atoms with Crippen LogP contribution in [0.1, 0.15) is 32.6 Å². The number of nitrogens with two attached hydrogens (primary N) is 1. The molecular formula is C8H15NO2. The van der Waals surface area contributed by atoms with Crippen molar-refractivity contribution in [2.75, 3.05) is 0 Å². The predicted octanol–water partition coefficient (Wildman–Crippen LogP) is 0.979. The van der Waals surface area contributed by atoms with E-state index in [1.54, 1.807) is 6.92 Å². The molecule has 1 rings (SSSR count). The predicted molar refractivity (Wildman–Crippen MR) is 42.2 cm³/mol. The molecule has 1 atom stereocenters. The van der Waals surface area contributed by atoms with Crippen LogP contribution < -0.4 is 5.73 Å². The summed E-state index contributed by atoms with van der Waals surface area (Å²) in [6.07, 6.45) is 4.20. The van der Waals surface area contributed by atoms with Crippen LogP contribution >= 0.6 is 0 Å². The highest BCUT2D eigenvalue weighted by atomic mass is 16.4. The molecule has 64 valence electrons. The Morgan fingerprint density at radius 3 is 2.36 bits per heavy atom. The molecule has 3 N–H and O–H groups in total. The Balaban J connectivity index is 2.62. The maximum absolute atomic E-state index is 10.7. The molecule has 1 aliphatic rings. The number of rotatable bonds is 2. The van der Waals surface area contributed by atoms with Crippen molar-refractivity contribution in [2.24, 2.45) is 11.7 Å². The van der Waals surface area contributed by atoms with E-state index < -0.39 is 11.5 Å². The summed E-state index contributed by atoms with van der Waals surface area (Å²) in [6.45, 7) is 1.62. The van der Waals surface area contributed by atoms with E-state index in [2.05, 4.69) is 0 Å². The Bertz CT molecular complexity index is 159. The van der Waals surface area contributed by atoms with E-state index in [0.29, 0.717) is 0 Å². The maximum Gasteiger partial charge on any atom is 0.323 e. The monoisotopic (exact) mass is 157 g/mol. The van der Waals surface area contributed by atoms with E-state index in [0.717, 1.165) is 25.7 Å². The van der Waals surface area contributed by atoms with Gasteiger partial charge in [0.2, 0.25) is 0 Å². The Morgan fingerprint density at radius 1 is 1.55 bits per heavy atom. The van der Waals surface area contributed by atoms with Crippen LogP contribution in [0.5, 0.6) is 0 Å². The van der Waals surface area contributed by atoms with E-state index in [-0.39, 0.29) is 5.92 Å². The number of hydrogen-bond acceptors (Lipinski definition) is 2. The fourth-order valence-corrected chi connectivity index (χ4v) is 1.70. The maximum atomic E-state index is 10.7. The van der Waals surface area contributed by atoms with Crippen LogP contribution in [-0.4, -0.2) is 16.6 Å². The summed E-state index contributed by atoms with van der Waals surface area (Å²) in [5, 5.41) is 8.78. The van der Waals surface area contributed by atoms with Crippen molar-refractivity contribution in [2.45, 2.75) is 38.1 Å². The SMILES string of the molecule is C[C@](N)(C(=O)O)C1CCCC1. The summed E-state index contributed by atoms with van der Waals surface area (Å²) in [4.78, 5) is 10.7. The zero-order chi connectivity index (χ0) is 8.48. The molecular weight excluding hydrogens is 142 g/mol. The Kier molecular flexibility index (Phi) is 2.18. The molecule has 0 saturated heterocycles. The van der Waals surface area contributed by atoms with Gasteiger partial charge in [-0.3, -0.25) is 4.79 Å². The summed E-state index contributed by atoms with van der Waals surface area (Å²) < 4.78 is 0. The lowest BCUT2D eigenvalue weighted by atomic mass is 9.85. The van der Waals surface area contributed by atoms with Crippen molar-refractivity contribution in [1.82, 2.24) is 0 Å². The molecule has 0 unspecified atom stereocenters. The molecule has 0 aromatic carbocycles. The van der Waals surface area contributed by atoms with Gasteiger partial charge in [-0.2, -0.15) is 0 Å². The van der Waals surface area contributed by atoms with E-state index in [9.17, 15) is 4.79 Å². The molecule has 1 fully saturated rings. The second kappa shape index (κ2) is 2.81. The van der Waals surface area contributed by atoms with Gasteiger partial charge in [-0.15, -0.1) is 0 Å². The first-order chi connectivity index (χ1) is 5.05. The van der Waals surface area contributed by atoms with E-state index in [1.807, 2.05) is 0 Å². The highest BCUT2D eigenvalue weighted by molar-refractivity contribution is 5.78. The van der Waals surface area contributed by atoms with Gasteiger partial charge in [0.15, 0.2) is 0 Å². The minimum atomic E-state index is -1.00. The molecule has 1 saturated carbocycles. The molecule has 0 bridgehead atoms. The molecule has 0 amide bonds. The van der Waals surface area contributed by atoms with E-state index >= 15 is 0 Å². The van der Waals surface area contributed by atoms with Crippen LogP contribution in [0.2, 0.25) is 0 Å². The largest absolute Gasteiger partial charge is 0.480 e. The molecule has 1 aliphatic carbocycles. The summed E-state index contributed by atoms with van der Waals surface area (Å²) >= 11 is 0. The van der Waals surface area contributed by atoms with Gasteiger partial charge < -0.3 is 10.8 Å². The fraction of sp³-hybridized carbons (Fsp3) is 0.875. The minimum absolute atomic E-state index is 0.181. The number of carboxylic acids is 1. The second-order valence-electron chi connectivity index (χ2n) is 3.57. The first-order valence-corrected chi connectivity index (χ1v) is 4.07. The van der Waals surface area contributed by atoms with Crippen molar-refractivity contribution in [1.29, 1.82) is 0 Å². The quantitative estimate of drug-likeness (QED) is 0.628. The molecule has 3 nitrogen and oxygen atoms in total. The smallest absolute Gasteiger partial charge is 0.323 e. The van der Waals surface area contributed by atoms with Gasteiger partial charge >= 0.3 is 5.97 Å². The summed E-state index contributed by atoms with van der Waals surface area (Å²) in [6, 6.07) is 0. The van der Waals surface area contributed by atoms with Gasteiger partial charge in [-0.25, -0.2) is 0 Å². The molecule has 0 heterocycles. The Hall–Kier alpha value is -0.570. The third kappa shape index (κ3) is 1.53. The first-order valence-electron chi connectivity index (χ1n) is 4.07. The van der Waals surface area contributed by atoms with Crippen LogP contribution in [0.25, 0.3) is 0 Å². The molecule has 0 aromatic rings. The summed E-state index contributed by atoms with van der Waals surface area (Å²) in [5.41, 5.74) is 4.66. The van der Waals surface area contributed by atoms with Crippen LogP contribution in [0.15, 0.2) is 0 Å². The van der Waals surface area contributed by atoms with Crippen molar-refractivity contribution >= 4 is 5.97 Å². The molecule has 11 heavy (non-hydrogen) atoms. The molecule has 0 spiro atoms. The van der Waals surface area contributed by atoms with Crippen molar-refractivity contribution in [3.63, 3.8) is 0 Å². The van der Waals surface area contributed by atoms with Crippen LogP contribution in [0, 0.1) is 5.92 Å².